The van der Waals surface area contributed by atoms with Crippen molar-refractivity contribution in [1.82, 2.24) is 25.0 Å². The van der Waals surface area contributed by atoms with Gasteiger partial charge in [0.25, 0.3) is 0 Å². The molecule has 0 aliphatic carbocycles. The molecule has 0 saturated heterocycles. The molecule has 6 nitrogen and oxygen atoms in total. The van der Waals surface area contributed by atoms with Crippen molar-refractivity contribution in [3.63, 3.8) is 0 Å². The number of hydrogen-bond acceptors (Lipinski definition) is 3. The summed E-state index contributed by atoms with van der Waals surface area (Å²) in [5.41, 5.74) is 2.86. The Morgan fingerprint density at radius 3 is 2.88 bits per heavy atom. The maximum atomic E-state index is 4.82. The van der Waals surface area contributed by atoms with E-state index in [2.05, 4.69) is 63.1 Å². The van der Waals surface area contributed by atoms with Crippen LogP contribution in [0.25, 0.3) is 0 Å². The molecule has 0 unspecified atom stereocenters. The molecule has 0 bridgehead atoms. The van der Waals surface area contributed by atoms with Crippen LogP contribution in [0.1, 0.15) is 30.8 Å². The second-order valence-corrected chi connectivity index (χ2v) is 5.97. The predicted octanol–water partition coefficient (Wildman–Crippen LogP) is 1.86. The average Bonchev–Trinajstić information content (AvgIpc) is 3.08. The fourth-order valence-corrected chi connectivity index (χ4v) is 3.11. The highest BCUT2D eigenvalue weighted by Crippen LogP contribution is 2.18. The average molecular weight is 326 g/mol. The van der Waals surface area contributed by atoms with Gasteiger partial charge in [-0.25, -0.2) is 0 Å². The van der Waals surface area contributed by atoms with Crippen molar-refractivity contribution < 1.29 is 0 Å². The Labute approximate surface area is 143 Å². The summed E-state index contributed by atoms with van der Waals surface area (Å²) in [6.07, 6.45) is 3.76. The summed E-state index contributed by atoms with van der Waals surface area (Å²) in [5.74, 6) is 2.01. The van der Waals surface area contributed by atoms with Crippen molar-refractivity contribution in [2.45, 2.75) is 39.8 Å². The maximum Gasteiger partial charge on any atom is 0.194 e. The van der Waals surface area contributed by atoms with Gasteiger partial charge < -0.3 is 14.8 Å². The highest BCUT2D eigenvalue weighted by Gasteiger charge is 2.18. The minimum absolute atomic E-state index is 0.728. The largest absolute Gasteiger partial charge is 0.357 e. The monoisotopic (exact) mass is 326 g/mol. The second kappa shape index (κ2) is 7.95. The van der Waals surface area contributed by atoms with Gasteiger partial charge in [-0.3, -0.25) is 4.99 Å². The molecule has 2 aromatic rings. The van der Waals surface area contributed by atoms with Crippen molar-refractivity contribution in [2.24, 2.45) is 4.99 Å². The van der Waals surface area contributed by atoms with E-state index in [1.165, 1.54) is 11.1 Å². The van der Waals surface area contributed by atoms with E-state index in [1.807, 2.05) is 0 Å². The van der Waals surface area contributed by atoms with Gasteiger partial charge in [-0.1, -0.05) is 31.2 Å². The van der Waals surface area contributed by atoms with Gasteiger partial charge in [0, 0.05) is 32.6 Å². The molecule has 0 atom stereocenters. The van der Waals surface area contributed by atoms with Gasteiger partial charge in [-0.05, 0) is 24.5 Å². The van der Waals surface area contributed by atoms with E-state index in [-0.39, 0.29) is 0 Å². The van der Waals surface area contributed by atoms with Crippen LogP contribution < -0.4 is 5.32 Å². The molecule has 2 heterocycles. The lowest BCUT2D eigenvalue weighted by molar-refractivity contribution is 0.378. The van der Waals surface area contributed by atoms with Gasteiger partial charge in [0.2, 0.25) is 0 Å². The zero-order valence-corrected chi connectivity index (χ0v) is 14.6. The summed E-state index contributed by atoms with van der Waals surface area (Å²) >= 11 is 0. The summed E-state index contributed by atoms with van der Waals surface area (Å²) in [7, 11) is 0. The fourth-order valence-electron chi connectivity index (χ4n) is 3.11. The van der Waals surface area contributed by atoms with Gasteiger partial charge in [0.05, 0.1) is 6.54 Å². The molecule has 1 N–H and O–H groups in total. The number of nitrogens with zero attached hydrogens (tertiary/aromatic N) is 5. The van der Waals surface area contributed by atoms with E-state index < -0.39 is 0 Å². The van der Waals surface area contributed by atoms with Crippen LogP contribution in [0, 0.1) is 0 Å². The lowest BCUT2D eigenvalue weighted by Gasteiger charge is -2.31. The number of nitrogens with one attached hydrogen (secondary N) is 1. The van der Waals surface area contributed by atoms with Crippen LogP contribution in [0.3, 0.4) is 0 Å². The fraction of sp³-hybridized carbons (Fsp3) is 0.500. The van der Waals surface area contributed by atoms with Crippen molar-refractivity contribution in [3.05, 3.63) is 47.5 Å². The lowest BCUT2D eigenvalue weighted by Crippen LogP contribution is -2.44. The minimum Gasteiger partial charge on any atom is -0.357 e. The van der Waals surface area contributed by atoms with E-state index in [0.29, 0.717) is 0 Å². The Bertz CT molecular complexity index is 690. The molecule has 0 amide bonds. The number of aryl methyl sites for hydroxylation is 1. The Morgan fingerprint density at radius 2 is 2.08 bits per heavy atom. The summed E-state index contributed by atoms with van der Waals surface area (Å²) in [6, 6.07) is 8.69. The first-order valence-electron chi connectivity index (χ1n) is 8.78. The summed E-state index contributed by atoms with van der Waals surface area (Å²) in [5, 5.41) is 11.5. The zero-order chi connectivity index (χ0) is 16.8. The number of aromatic nitrogens is 3. The van der Waals surface area contributed by atoms with Gasteiger partial charge in [-0.15, -0.1) is 10.2 Å². The molecule has 3 rings (SSSR count). The summed E-state index contributed by atoms with van der Waals surface area (Å²) in [6.45, 7) is 8.57. The Balaban J connectivity index is 1.66. The molecule has 1 aromatic carbocycles. The van der Waals surface area contributed by atoms with E-state index in [4.69, 9.17) is 4.99 Å². The number of hydrogen-bond donors (Lipinski definition) is 1. The smallest absolute Gasteiger partial charge is 0.194 e. The topological polar surface area (TPSA) is 58.3 Å². The summed E-state index contributed by atoms with van der Waals surface area (Å²) < 4.78 is 2.08. The third kappa shape index (κ3) is 3.75. The molecule has 6 heteroatoms. The predicted molar refractivity (Wildman–Crippen MR) is 95.9 cm³/mol. The van der Waals surface area contributed by atoms with Gasteiger partial charge in [-0.2, -0.15) is 0 Å². The van der Waals surface area contributed by atoms with Gasteiger partial charge in [0.1, 0.15) is 12.2 Å². The van der Waals surface area contributed by atoms with Crippen molar-refractivity contribution in [1.29, 1.82) is 0 Å². The molecular weight excluding hydrogens is 300 g/mol. The molecule has 128 valence electrons. The van der Waals surface area contributed by atoms with Crippen molar-refractivity contribution in [2.75, 3.05) is 19.6 Å². The molecule has 1 aliphatic rings. The molecule has 1 aromatic heterocycles. The first-order valence-corrected chi connectivity index (χ1v) is 8.78. The number of guanidine groups is 1. The van der Waals surface area contributed by atoms with E-state index >= 15 is 0 Å². The SMILES string of the molecule is CCNC(=NCCn1cnnc1CC)N1CCc2ccccc2C1. The number of benzene rings is 1. The van der Waals surface area contributed by atoms with Crippen molar-refractivity contribution in [3.8, 4) is 0 Å². The maximum absolute atomic E-state index is 4.82. The Morgan fingerprint density at radius 1 is 1.25 bits per heavy atom. The molecular formula is C18H26N6. The van der Waals surface area contributed by atoms with Crippen molar-refractivity contribution >= 4 is 5.96 Å². The van der Waals surface area contributed by atoms with Crippen LogP contribution in [0.2, 0.25) is 0 Å². The number of aliphatic imine (C=N–C) groups is 1. The van der Waals surface area contributed by atoms with Crippen LogP contribution >= 0.6 is 0 Å². The number of fused-ring (bicyclic) bond motifs is 1. The second-order valence-electron chi connectivity index (χ2n) is 5.97. The molecule has 1 aliphatic heterocycles. The van der Waals surface area contributed by atoms with Gasteiger partial charge >= 0.3 is 0 Å². The Hall–Kier alpha value is -2.37. The summed E-state index contributed by atoms with van der Waals surface area (Å²) in [4.78, 5) is 7.16. The van der Waals surface area contributed by atoms with Crippen LogP contribution in [-0.4, -0.2) is 45.3 Å². The standard InChI is InChI=1S/C18H26N6/c1-3-17-22-21-14-24(17)12-10-20-18(19-4-2)23-11-9-15-7-5-6-8-16(15)13-23/h5-8,14H,3-4,9-13H2,1-2H3,(H,19,20). The third-order valence-corrected chi connectivity index (χ3v) is 4.38. The minimum atomic E-state index is 0.728. The normalized spacial score (nSPS) is 14.6. The van der Waals surface area contributed by atoms with E-state index in [0.717, 1.165) is 57.3 Å². The first-order chi connectivity index (χ1) is 11.8. The highest BCUT2D eigenvalue weighted by molar-refractivity contribution is 5.80. The van der Waals surface area contributed by atoms with Gasteiger partial charge in [0.15, 0.2) is 5.96 Å². The highest BCUT2D eigenvalue weighted by atomic mass is 15.3. The molecule has 0 spiro atoms. The Kier molecular flexibility index (Phi) is 5.46. The molecule has 0 fully saturated rings. The number of rotatable bonds is 5. The lowest BCUT2D eigenvalue weighted by atomic mass is 10.0. The van der Waals surface area contributed by atoms with E-state index in [9.17, 15) is 0 Å². The van der Waals surface area contributed by atoms with Crippen LogP contribution in [0.15, 0.2) is 35.6 Å². The molecule has 0 saturated carbocycles. The molecule has 24 heavy (non-hydrogen) atoms. The first kappa shape index (κ1) is 16.5. The quantitative estimate of drug-likeness (QED) is 0.673. The van der Waals surface area contributed by atoms with Crippen LogP contribution in [0.5, 0.6) is 0 Å². The van der Waals surface area contributed by atoms with Crippen LogP contribution in [0.4, 0.5) is 0 Å². The molecule has 0 radical (unpaired) electrons. The van der Waals surface area contributed by atoms with Crippen LogP contribution in [-0.2, 0) is 25.9 Å². The zero-order valence-electron chi connectivity index (χ0n) is 14.6. The van der Waals surface area contributed by atoms with E-state index in [1.54, 1.807) is 6.33 Å². The third-order valence-electron chi connectivity index (χ3n) is 4.38.